The van der Waals surface area contributed by atoms with E-state index in [4.69, 9.17) is 19.9 Å². The fourth-order valence-corrected chi connectivity index (χ4v) is 3.48. The molecule has 1 aromatic rings. The van der Waals surface area contributed by atoms with E-state index in [2.05, 4.69) is 11.8 Å². The highest BCUT2D eigenvalue weighted by atomic mass is 16.5. The van der Waals surface area contributed by atoms with Crippen molar-refractivity contribution < 1.29 is 13.9 Å². The van der Waals surface area contributed by atoms with Crippen molar-refractivity contribution in [3.8, 4) is 17.2 Å². The number of hydrogen-bond donors (Lipinski definition) is 1. The summed E-state index contributed by atoms with van der Waals surface area (Å²) in [5.41, 5.74) is 8.60. The minimum atomic E-state index is -0.364. The molecule has 2 N–H and O–H groups in total. The molecule has 0 radical (unpaired) electrons. The van der Waals surface area contributed by atoms with Gasteiger partial charge in [0.25, 0.3) is 5.91 Å². The summed E-state index contributed by atoms with van der Waals surface area (Å²) in [5, 5.41) is 0.880. The first-order chi connectivity index (χ1) is 13.1. The van der Waals surface area contributed by atoms with Gasteiger partial charge in [-0.3, -0.25) is 4.79 Å². The summed E-state index contributed by atoms with van der Waals surface area (Å²) in [6.07, 6.45) is 0. The highest BCUT2D eigenvalue weighted by Crippen LogP contribution is 2.36. The van der Waals surface area contributed by atoms with Crippen LogP contribution in [0.3, 0.4) is 0 Å². The standard InChI is InChI=1S/C20H22N4O3/c1-3-23-7-8-26-19-10-15-18(11-16(19)23)27-17-9-13(5-6-14(17)22-15)24(4-2)12-20(21)25/h5-6,9-11H,3-4,7-8,12H2,1-2H3,(H-,21,25)/p+1. The normalized spacial score (nSPS) is 14.8. The second kappa shape index (κ2) is 6.90. The first kappa shape index (κ1) is 17.3. The van der Waals surface area contributed by atoms with Crippen LogP contribution in [0.4, 0.5) is 5.69 Å². The number of nitrogens with zero attached hydrogens (tertiary/aromatic N) is 3. The van der Waals surface area contributed by atoms with Crippen molar-refractivity contribution in [1.82, 2.24) is 9.56 Å². The number of ether oxygens (including phenoxy) is 1. The molecule has 0 saturated carbocycles. The van der Waals surface area contributed by atoms with Crippen molar-refractivity contribution >= 4 is 22.7 Å². The number of hydrogen-bond acceptors (Lipinski definition) is 5. The van der Waals surface area contributed by atoms with Crippen LogP contribution in [-0.4, -0.2) is 43.7 Å². The molecule has 27 heavy (non-hydrogen) atoms. The quantitative estimate of drug-likeness (QED) is 0.557. The monoisotopic (exact) mass is 367 g/mol. The second-order valence-corrected chi connectivity index (χ2v) is 6.56. The number of rotatable bonds is 4. The van der Waals surface area contributed by atoms with Crippen LogP contribution < -0.4 is 25.3 Å². The Bertz CT molecular complexity index is 1060. The molecule has 0 unspecified atom stereocenters. The Morgan fingerprint density at radius 2 is 2.15 bits per heavy atom. The van der Waals surface area contributed by atoms with Crippen molar-refractivity contribution in [1.29, 1.82) is 0 Å². The Kier molecular flexibility index (Phi) is 4.43. The number of carbonyl (C=O) groups is 1. The van der Waals surface area contributed by atoms with Gasteiger partial charge in [0.1, 0.15) is 30.1 Å². The summed E-state index contributed by atoms with van der Waals surface area (Å²) in [7, 11) is 0. The van der Waals surface area contributed by atoms with Gasteiger partial charge in [-0.05, 0) is 19.9 Å². The summed E-state index contributed by atoms with van der Waals surface area (Å²) in [6.45, 7) is 7.39. The van der Waals surface area contributed by atoms with Crippen LogP contribution in [0.5, 0.6) is 5.75 Å². The number of likely N-dealkylation sites (N-methyl/N-ethyl adjacent to an activating group) is 2. The minimum absolute atomic E-state index is 0.166. The lowest BCUT2D eigenvalue weighted by molar-refractivity contribution is -0.117. The first-order valence-electron chi connectivity index (χ1n) is 9.21. The predicted molar refractivity (Wildman–Crippen MR) is 104 cm³/mol. The molecule has 140 valence electrons. The van der Waals surface area contributed by atoms with Crippen molar-refractivity contribution in [2.45, 2.75) is 13.8 Å². The average molecular weight is 367 g/mol. The molecular formula is C20H23N4O3+. The van der Waals surface area contributed by atoms with Gasteiger partial charge in [-0.25, -0.2) is 9.56 Å². The van der Waals surface area contributed by atoms with E-state index in [1.807, 2.05) is 41.8 Å². The molecule has 0 atom stereocenters. The molecule has 2 heterocycles. The molecule has 7 heteroatoms. The number of carbonyl (C=O) groups excluding carboxylic acids is 1. The number of nitrogens with two attached hydrogens (primary N) is 1. The Morgan fingerprint density at radius 3 is 2.89 bits per heavy atom. The SMILES string of the molecule is CCN1CCOc2cc3nc4cc/c(=[N+](\CC)CC(N)=O)cc-4oc3cc21. The molecule has 0 saturated heterocycles. The van der Waals surface area contributed by atoms with Crippen molar-refractivity contribution in [2.24, 2.45) is 5.73 Å². The maximum absolute atomic E-state index is 11.3. The van der Waals surface area contributed by atoms with E-state index in [1.54, 1.807) is 0 Å². The van der Waals surface area contributed by atoms with E-state index >= 15 is 0 Å². The fraction of sp³-hybridized carbons (Fsp3) is 0.350. The number of amides is 1. The van der Waals surface area contributed by atoms with Gasteiger partial charge in [0.05, 0.1) is 18.3 Å². The molecule has 0 aromatic heterocycles. The lowest BCUT2D eigenvalue weighted by Crippen LogP contribution is -2.37. The number of benzene rings is 2. The van der Waals surface area contributed by atoms with Crippen LogP contribution in [0.15, 0.2) is 34.7 Å². The molecule has 2 aliphatic heterocycles. The van der Waals surface area contributed by atoms with Crippen molar-refractivity contribution in [3.05, 3.63) is 35.7 Å². The van der Waals surface area contributed by atoms with E-state index in [-0.39, 0.29) is 12.5 Å². The first-order valence-corrected chi connectivity index (χ1v) is 9.21. The molecule has 0 fully saturated rings. The number of primary amides is 1. The van der Waals surface area contributed by atoms with Gasteiger partial charge in [0, 0.05) is 24.7 Å². The van der Waals surface area contributed by atoms with Crippen molar-refractivity contribution in [2.75, 3.05) is 37.7 Å². The maximum atomic E-state index is 11.3. The zero-order valence-electron chi connectivity index (χ0n) is 15.6. The average Bonchev–Trinajstić information content (AvgIpc) is 2.67. The molecular weight excluding hydrogens is 344 g/mol. The molecule has 1 amide bonds. The molecule has 3 aliphatic rings. The van der Waals surface area contributed by atoms with Crippen LogP contribution >= 0.6 is 0 Å². The van der Waals surface area contributed by atoms with E-state index in [0.717, 1.165) is 41.1 Å². The zero-order chi connectivity index (χ0) is 19.0. The van der Waals surface area contributed by atoms with Gasteiger partial charge in [-0.15, -0.1) is 0 Å². The maximum Gasteiger partial charge on any atom is 0.282 e. The van der Waals surface area contributed by atoms with Crippen LogP contribution in [0, 0.1) is 0 Å². The molecule has 1 aromatic carbocycles. The van der Waals surface area contributed by atoms with Gasteiger partial charge < -0.3 is 19.8 Å². The largest absolute Gasteiger partial charge is 0.489 e. The summed E-state index contributed by atoms with van der Waals surface area (Å²) in [6, 6.07) is 9.66. The van der Waals surface area contributed by atoms with Crippen LogP contribution in [0.1, 0.15) is 13.8 Å². The number of fused-ring (bicyclic) bond motifs is 3. The highest BCUT2D eigenvalue weighted by molar-refractivity contribution is 5.84. The topological polar surface area (TPSA) is 84.6 Å². The third-order valence-corrected chi connectivity index (χ3v) is 4.88. The van der Waals surface area contributed by atoms with Crippen molar-refractivity contribution in [3.63, 3.8) is 0 Å². The van der Waals surface area contributed by atoms with E-state index in [0.29, 0.717) is 24.5 Å². The predicted octanol–water partition coefficient (Wildman–Crippen LogP) is 1.43. The molecule has 1 aliphatic carbocycles. The molecule has 0 bridgehead atoms. The van der Waals surface area contributed by atoms with Crippen LogP contribution in [0.2, 0.25) is 0 Å². The lowest BCUT2D eigenvalue weighted by atomic mass is 10.2. The van der Waals surface area contributed by atoms with Gasteiger partial charge in [0.2, 0.25) is 11.9 Å². The lowest BCUT2D eigenvalue weighted by Gasteiger charge is -2.30. The molecule has 7 nitrogen and oxygen atoms in total. The van der Waals surface area contributed by atoms with E-state index in [1.165, 1.54) is 0 Å². The molecule has 4 rings (SSSR count). The summed E-state index contributed by atoms with van der Waals surface area (Å²) in [5.74, 6) is 1.15. The third kappa shape index (κ3) is 3.20. The Morgan fingerprint density at radius 1 is 1.30 bits per heavy atom. The van der Waals surface area contributed by atoms with Crippen LogP contribution in [-0.2, 0) is 4.79 Å². The van der Waals surface area contributed by atoms with E-state index < -0.39 is 0 Å². The third-order valence-electron chi connectivity index (χ3n) is 4.88. The van der Waals surface area contributed by atoms with E-state index in [9.17, 15) is 4.79 Å². The Labute approximate surface area is 157 Å². The molecule has 0 spiro atoms. The highest BCUT2D eigenvalue weighted by Gasteiger charge is 2.20. The van der Waals surface area contributed by atoms with Gasteiger partial charge >= 0.3 is 0 Å². The minimum Gasteiger partial charge on any atom is -0.489 e. The Hall–Kier alpha value is -3.09. The summed E-state index contributed by atoms with van der Waals surface area (Å²) >= 11 is 0. The summed E-state index contributed by atoms with van der Waals surface area (Å²) < 4.78 is 13.9. The Balaban J connectivity index is 1.90. The van der Waals surface area contributed by atoms with Gasteiger partial charge in [-0.1, -0.05) is 0 Å². The van der Waals surface area contributed by atoms with Crippen LogP contribution in [0.25, 0.3) is 22.6 Å². The summed E-state index contributed by atoms with van der Waals surface area (Å²) in [4.78, 5) is 18.3. The van der Waals surface area contributed by atoms with Gasteiger partial charge in [0.15, 0.2) is 11.3 Å². The van der Waals surface area contributed by atoms with Gasteiger partial charge in [-0.2, -0.15) is 0 Å². The fourth-order valence-electron chi connectivity index (χ4n) is 3.48. The number of anilines is 1. The second-order valence-electron chi connectivity index (χ2n) is 6.56. The number of aromatic nitrogens is 1. The smallest absolute Gasteiger partial charge is 0.282 e. The zero-order valence-corrected chi connectivity index (χ0v) is 15.6.